The highest BCUT2D eigenvalue weighted by molar-refractivity contribution is 7.89. The van der Waals surface area contributed by atoms with E-state index in [0.29, 0.717) is 17.4 Å². The summed E-state index contributed by atoms with van der Waals surface area (Å²) < 4.78 is 28.4. The molecule has 4 rings (SSSR count). The summed E-state index contributed by atoms with van der Waals surface area (Å²) >= 11 is 1.71. The summed E-state index contributed by atoms with van der Waals surface area (Å²) in [5.41, 5.74) is 1.91. The Hall–Kier alpha value is -1.21. The second-order valence-electron chi connectivity index (χ2n) is 7.88. The number of hydrogen-bond acceptors (Lipinski definition) is 4. The largest absolute Gasteiger partial charge is 0.297 e. The molecular formula is C20H26N2O2S2. The van der Waals surface area contributed by atoms with Gasteiger partial charge in [0.1, 0.15) is 0 Å². The van der Waals surface area contributed by atoms with Crippen LogP contribution in [0.3, 0.4) is 0 Å². The van der Waals surface area contributed by atoms with Gasteiger partial charge < -0.3 is 0 Å². The van der Waals surface area contributed by atoms with Crippen LogP contribution in [0.5, 0.6) is 0 Å². The fourth-order valence-corrected chi connectivity index (χ4v) is 7.08. The lowest BCUT2D eigenvalue weighted by molar-refractivity contribution is 0.184. The van der Waals surface area contributed by atoms with Gasteiger partial charge in [-0.2, -0.15) is 15.6 Å². The van der Waals surface area contributed by atoms with Gasteiger partial charge in [-0.1, -0.05) is 32.0 Å². The maximum Gasteiger partial charge on any atom is 0.244 e. The third-order valence-corrected chi connectivity index (χ3v) is 8.41. The van der Waals surface area contributed by atoms with Crippen molar-refractivity contribution >= 4 is 21.4 Å². The number of hydrogen-bond donors (Lipinski definition) is 0. The van der Waals surface area contributed by atoms with Crippen LogP contribution < -0.4 is 0 Å². The van der Waals surface area contributed by atoms with E-state index in [1.807, 2.05) is 22.5 Å². The van der Waals surface area contributed by atoms with Crippen molar-refractivity contribution in [2.45, 2.75) is 43.7 Å². The average molecular weight is 391 g/mol. The number of sulfonamides is 1. The third-order valence-electron chi connectivity index (χ3n) is 5.66. The summed E-state index contributed by atoms with van der Waals surface area (Å²) in [6.07, 6.45) is 1.75. The van der Waals surface area contributed by atoms with Gasteiger partial charge in [0.15, 0.2) is 0 Å². The molecule has 6 heteroatoms. The van der Waals surface area contributed by atoms with Gasteiger partial charge in [-0.3, -0.25) is 4.90 Å². The van der Waals surface area contributed by atoms with Crippen molar-refractivity contribution in [2.24, 2.45) is 5.92 Å². The fraction of sp³-hybridized carbons (Fsp3) is 0.500. The topological polar surface area (TPSA) is 40.6 Å². The van der Waals surface area contributed by atoms with Gasteiger partial charge in [-0.15, -0.1) is 0 Å². The molecule has 0 N–H and O–H groups in total. The Morgan fingerprint density at radius 3 is 2.77 bits per heavy atom. The minimum absolute atomic E-state index is 0.402. The first-order valence-corrected chi connectivity index (χ1v) is 11.7. The van der Waals surface area contributed by atoms with Gasteiger partial charge >= 0.3 is 0 Å². The van der Waals surface area contributed by atoms with Crippen molar-refractivity contribution in [3.8, 4) is 0 Å². The SMILES string of the molecule is CC(C)CCN1C2(CCN(Cc3ccsc3)C2)c2ccccc2S1(=O)=O. The van der Waals surface area contributed by atoms with Crippen LogP contribution in [-0.2, 0) is 22.1 Å². The minimum Gasteiger partial charge on any atom is -0.297 e. The maximum atomic E-state index is 13.3. The molecule has 1 unspecified atom stereocenters. The highest BCUT2D eigenvalue weighted by Gasteiger charge is 2.56. The predicted molar refractivity (Wildman–Crippen MR) is 106 cm³/mol. The van der Waals surface area contributed by atoms with Crippen LogP contribution >= 0.6 is 11.3 Å². The first-order chi connectivity index (χ1) is 12.4. The second kappa shape index (κ2) is 6.75. The monoisotopic (exact) mass is 390 g/mol. The molecule has 2 aromatic rings. The Morgan fingerprint density at radius 2 is 2.04 bits per heavy atom. The molecule has 2 aliphatic heterocycles. The minimum atomic E-state index is -3.41. The highest BCUT2D eigenvalue weighted by Crippen LogP contribution is 2.49. The summed E-state index contributed by atoms with van der Waals surface area (Å²) in [6, 6.07) is 9.78. The Morgan fingerprint density at radius 1 is 1.23 bits per heavy atom. The van der Waals surface area contributed by atoms with Gasteiger partial charge in [0.2, 0.25) is 10.0 Å². The summed E-state index contributed by atoms with van der Waals surface area (Å²) in [4.78, 5) is 2.92. The first-order valence-electron chi connectivity index (χ1n) is 9.29. The Bertz CT molecular complexity index is 877. The smallest absolute Gasteiger partial charge is 0.244 e. The predicted octanol–water partition coefficient (Wildman–Crippen LogP) is 3.90. The molecule has 0 bridgehead atoms. The van der Waals surface area contributed by atoms with Crippen LogP contribution in [-0.4, -0.2) is 37.3 Å². The van der Waals surface area contributed by atoms with Crippen LogP contribution in [0.1, 0.15) is 37.8 Å². The number of fused-ring (bicyclic) bond motifs is 2. The number of thiophene rings is 1. The fourth-order valence-electron chi connectivity index (χ4n) is 4.34. The van der Waals surface area contributed by atoms with Crippen LogP contribution in [0.25, 0.3) is 0 Å². The molecule has 140 valence electrons. The van der Waals surface area contributed by atoms with Gasteiger partial charge in [0.25, 0.3) is 0 Å². The Kier molecular flexibility index (Phi) is 4.72. The van der Waals surface area contributed by atoms with E-state index < -0.39 is 15.6 Å². The van der Waals surface area contributed by atoms with Gasteiger partial charge in [0.05, 0.1) is 10.4 Å². The van der Waals surface area contributed by atoms with Gasteiger partial charge in [-0.25, -0.2) is 8.42 Å². The summed E-state index contributed by atoms with van der Waals surface area (Å²) in [5.74, 6) is 0.481. The number of rotatable bonds is 5. The van der Waals surface area contributed by atoms with E-state index in [0.717, 1.165) is 38.0 Å². The average Bonchev–Trinajstić information content (AvgIpc) is 3.29. The second-order valence-corrected chi connectivity index (χ2v) is 10.5. The lowest BCUT2D eigenvalue weighted by Crippen LogP contribution is -2.46. The molecule has 1 spiro atoms. The maximum absolute atomic E-state index is 13.3. The number of nitrogens with zero attached hydrogens (tertiary/aromatic N) is 2. The molecule has 1 atom stereocenters. The Labute approximate surface area is 160 Å². The molecule has 0 saturated carbocycles. The van der Waals surface area contributed by atoms with Gasteiger partial charge in [0, 0.05) is 26.2 Å². The zero-order valence-corrected chi connectivity index (χ0v) is 17.0. The van der Waals surface area contributed by atoms with Crippen molar-refractivity contribution < 1.29 is 8.42 Å². The lowest BCUT2D eigenvalue weighted by Gasteiger charge is -2.34. The lowest BCUT2D eigenvalue weighted by atomic mass is 9.88. The van der Waals surface area contributed by atoms with Crippen LogP contribution in [0.2, 0.25) is 0 Å². The normalized spacial score (nSPS) is 25.3. The van der Waals surface area contributed by atoms with E-state index in [-0.39, 0.29) is 0 Å². The molecule has 2 aliphatic rings. The summed E-state index contributed by atoms with van der Waals surface area (Å²) in [5, 5.41) is 4.28. The zero-order chi connectivity index (χ0) is 18.4. The van der Waals surface area contributed by atoms with E-state index in [9.17, 15) is 8.42 Å². The summed E-state index contributed by atoms with van der Waals surface area (Å²) in [6.45, 7) is 7.50. The molecular weight excluding hydrogens is 364 g/mol. The highest BCUT2D eigenvalue weighted by atomic mass is 32.2. The van der Waals surface area contributed by atoms with Crippen molar-refractivity contribution in [3.05, 3.63) is 52.2 Å². The molecule has 1 aromatic heterocycles. The van der Waals surface area contributed by atoms with E-state index in [4.69, 9.17) is 0 Å². The van der Waals surface area contributed by atoms with Crippen molar-refractivity contribution in [2.75, 3.05) is 19.6 Å². The molecule has 0 radical (unpaired) electrons. The van der Waals surface area contributed by atoms with Crippen LogP contribution in [0.15, 0.2) is 46.0 Å². The van der Waals surface area contributed by atoms with Crippen LogP contribution in [0, 0.1) is 5.92 Å². The molecule has 1 fully saturated rings. The van der Waals surface area contributed by atoms with Crippen molar-refractivity contribution in [1.29, 1.82) is 0 Å². The molecule has 0 aliphatic carbocycles. The number of likely N-dealkylation sites (tertiary alicyclic amines) is 1. The molecule has 1 aromatic carbocycles. The zero-order valence-electron chi connectivity index (χ0n) is 15.4. The van der Waals surface area contributed by atoms with E-state index >= 15 is 0 Å². The molecule has 4 nitrogen and oxygen atoms in total. The molecule has 1 saturated heterocycles. The standard InChI is InChI=1S/C20H26N2O2S2/c1-16(2)7-10-22-20(18-5-3-4-6-19(18)26(22,23)24)9-11-21(15-20)13-17-8-12-25-14-17/h3-6,8,12,14,16H,7,9-11,13,15H2,1-2H3. The van der Waals surface area contributed by atoms with E-state index in [2.05, 4.69) is 35.6 Å². The summed E-state index contributed by atoms with van der Waals surface area (Å²) in [7, 11) is -3.41. The quantitative estimate of drug-likeness (QED) is 0.777. The van der Waals surface area contributed by atoms with E-state index in [1.165, 1.54) is 5.56 Å². The van der Waals surface area contributed by atoms with Crippen LogP contribution in [0.4, 0.5) is 0 Å². The Balaban J connectivity index is 1.69. The van der Waals surface area contributed by atoms with Crippen molar-refractivity contribution in [1.82, 2.24) is 9.21 Å². The first kappa shape index (κ1) is 18.2. The molecule has 26 heavy (non-hydrogen) atoms. The van der Waals surface area contributed by atoms with E-state index in [1.54, 1.807) is 17.4 Å². The molecule has 0 amide bonds. The number of benzene rings is 1. The van der Waals surface area contributed by atoms with Gasteiger partial charge in [-0.05, 0) is 52.8 Å². The third kappa shape index (κ3) is 2.93. The molecule has 3 heterocycles. The van der Waals surface area contributed by atoms with Crippen molar-refractivity contribution in [3.63, 3.8) is 0 Å².